The highest BCUT2D eigenvalue weighted by molar-refractivity contribution is 14.1. The smallest absolute Gasteiger partial charge is 0.234 e. The van der Waals surface area contributed by atoms with Gasteiger partial charge < -0.3 is 10.1 Å². The molecule has 0 spiro atoms. The van der Waals surface area contributed by atoms with Gasteiger partial charge in [0.05, 0.1) is 18.4 Å². The molecule has 1 fully saturated rings. The Balaban J connectivity index is 1.52. The number of amides is 1. The van der Waals surface area contributed by atoms with Crippen molar-refractivity contribution in [1.82, 2.24) is 20.2 Å². The summed E-state index contributed by atoms with van der Waals surface area (Å²) in [5.41, 5.74) is 0.793. The third-order valence-electron chi connectivity index (χ3n) is 3.34. The third-order valence-corrected chi connectivity index (χ3v) is 4.97. The summed E-state index contributed by atoms with van der Waals surface area (Å²) in [5.74, 6) is 0.181. The van der Waals surface area contributed by atoms with Gasteiger partial charge in [-0.2, -0.15) is 0 Å². The lowest BCUT2D eigenvalue weighted by molar-refractivity contribution is -0.113. The summed E-state index contributed by atoms with van der Waals surface area (Å²) in [4.78, 5) is 12.0. The molecule has 1 aromatic carbocycles. The minimum atomic E-state index is -0.0799. The van der Waals surface area contributed by atoms with Crippen LogP contribution in [0.5, 0.6) is 0 Å². The van der Waals surface area contributed by atoms with E-state index in [-0.39, 0.29) is 17.8 Å². The predicted molar refractivity (Wildman–Crippen MR) is 95.3 cm³/mol. The first kappa shape index (κ1) is 16.7. The van der Waals surface area contributed by atoms with Gasteiger partial charge in [0, 0.05) is 15.9 Å². The number of halogens is 1. The molecule has 2 aromatic rings. The van der Waals surface area contributed by atoms with E-state index in [1.54, 1.807) is 4.68 Å². The Morgan fingerprint density at radius 3 is 3.22 bits per heavy atom. The van der Waals surface area contributed by atoms with E-state index in [4.69, 9.17) is 4.74 Å². The third kappa shape index (κ3) is 4.88. The van der Waals surface area contributed by atoms with Crippen LogP contribution in [0.4, 0.5) is 5.69 Å². The average molecular weight is 445 g/mol. The zero-order valence-corrected chi connectivity index (χ0v) is 15.3. The molecule has 0 radical (unpaired) electrons. The van der Waals surface area contributed by atoms with Gasteiger partial charge in [0.15, 0.2) is 0 Å². The topological polar surface area (TPSA) is 81.9 Å². The molecule has 1 atom stereocenters. The molecule has 9 heteroatoms. The number of nitrogens with one attached hydrogen (secondary N) is 1. The number of aromatic nitrogens is 4. The second-order valence-corrected chi connectivity index (χ2v) is 7.31. The van der Waals surface area contributed by atoms with Crippen LogP contribution in [0.3, 0.4) is 0 Å². The molecule has 1 aliphatic rings. The summed E-state index contributed by atoms with van der Waals surface area (Å²) >= 11 is 3.54. The fraction of sp³-hybridized carbons (Fsp3) is 0.429. The fourth-order valence-electron chi connectivity index (χ4n) is 2.29. The first-order valence-corrected chi connectivity index (χ1v) is 9.33. The number of nitrogens with zero attached hydrogens (tertiary/aromatic N) is 4. The van der Waals surface area contributed by atoms with E-state index in [0.29, 0.717) is 11.7 Å². The number of tetrazole rings is 1. The molecule has 0 aliphatic carbocycles. The molecule has 2 heterocycles. The SMILES string of the molecule is O=C(CSc1nnnn1CC1CCCO1)Nc1cccc(I)c1. The molecule has 1 aliphatic heterocycles. The van der Waals surface area contributed by atoms with Crippen LogP contribution in [0.2, 0.25) is 0 Å². The Hall–Kier alpha value is -1.20. The molecule has 23 heavy (non-hydrogen) atoms. The van der Waals surface area contributed by atoms with Crippen LogP contribution in [-0.2, 0) is 16.1 Å². The lowest BCUT2D eigenvalue weighted by Gasteiger charge is -2.10. The molecule has 0 saturated carbocycles. The van der Waals surface area contributed by atoms with Crippen LogP contribution in [0.1, 0.15) is 12.8 Å². The molecule has 1 N–H and O–H groups in total. The number of rotatable bonds is 6. The van der Waals surface area contributed by atoms with Gasteiger partial charge in [-0.3, -0.25) is 4.79 Å². The summed E-state index contributed by atoms with van der Waals surface area (Å²) in [6.07, 6.45) is 2.27. The minimum Gasteiger partial charge on any atom is -0.376 e. The molecule has 1 saturated heterocycles. The Morgan fingerprint density at radius 1 is 1.52 bits per heavy atom. The molecule has 0 bridgehead atoms. The van der Waals surface area contributed by atoms with E-state index in [1.807, 2.05) is 24.3 Å². The molecule has 122 valence electrons. The highest BCUT2D eigenvalue weighted by atomic mass is 127. The Kier molecular flexibility index (Phi) is 5.84. The van der Waals surface area contributed by atoms with E-state index in [1.165, 1.54) is 11.8 Å². The first-order valence-electron chi connectivity index (χ1n) is 7.27. The minimum absolute atomic E-state index is 0.0799. The van der Waals surface area contributed by atoms with Gasteiger partial charge in [0.25, 0.3) is 0 Å². The van der Waals surface area contributed by atoms with Gasteiger partial charge in [-0.05, 0) is 64.1 Å². The van der Waals surface area contributed by atoms with E-state index in [2.05, 4.69) is 43.4 Å². The van der Waals surface area contributed by atoms with Crippen LogP contribution in [0, 0.1) is 3.57 Å². The lowest BCUT2D eigenvalue weighted by atomic mass is 10.2. The number of carbonyl (C=O) groups excluding carboxylic acids is 1. The van der Waals surface area contributed by atoms with Crippen molar-refractivity contribution in [3.8, 4) is 0 Å². The largest absolute Gasteiger partial charge is 0.376 e. The van der Waals surface area contributed by atoms with E-state index in [0.717, 1.165) is 28.7 Å². The van der Waals surface area contributed by atoms with Crippen molar-refractivity contribution < 1.29 is 9.53 Å². The van der Waals surface area contributed by atoms with Crippen molar-refractivity contribution in [3.63, 3.8) is 0 Å². The summed E-state index contributed by atoms with van der Waals surface area (Å²) < 4.78 is 8.38. The van der Waals surface area contributed by atoms with E-state index >= 15 is 0 Å². The standard InChI is InChI=1S/C14H16IN5O2S/c15-10-3-1-4-11(7-10)16-13(21)9-23-14-17-18-19-20(14)8-12-5-2-6-22-12/h1,3-4,7,12H,2,5-6,8-9H2,(H,16,21). The summed E-state index contributed by atoms with van der Waals surface area (Å²) in [6.45, 7) is 1.43. The van der Waals surface area contributed by atoms with E-state index < -0.39 is 0 Å². The molecule has 1 aromatic heterocycles. The summed E-state index contributed by atoms with van der Waals surface area (Å²) in [7, 11) is 0. The van der Waals surface area contributed by atoms with Crippen molar-refractivity contribution in [2.75, 3.05) is 17.7 Å². The molecule has 3 rings (SSSR count). The average Bonchev–Trinajstić information content (AvgIpc) is 3.18. The quantitative estimate of drug-likeness (QED) is 0.543. The summed E-state index contributed by atoms with van der Waals surface area (Å²) in [6, 6.07) is 7.67. The van der Waals surface area contributed by atoms with Crippen LogP contribution in [-0.4, -0.2) is 44.6 Å². The monoisotopic (exact) mass is 445 g/mol. The number of carbonyl (C=O) groups is 1. The molecular weight excluding hydrogens is 429 g/mol. The number of hydrogen-bond acceptors (Lipinski definition) is 6. The van der Waals surface area contributed by atoms with Crippen molar-refractivity contribution in [2.45, 2.75) is 30.6 Å². The van der Waals surface area contributed by atoms with Crippen molar-refractivity contribution in [2.24, 2.45) is 0 Å². The maximum Gasteiger partial charge on any atom is 0.234 e. The highest BCUT2D eigenvalue weighted by Gasteiger charge is 2.19. The van der Waals surface area contributed by atoms with Crippen molar-refractivity contribution >= 4 is 45.9 Å². The number of ether oxygens (including phenoxy) is 1. The number of hydrogen-bond donors (Lipinski definition) is 1. The Morgan fingerprint density at radius 2 is 2.43 bits per heavy atom. The second kappa shape index (κ2) is 8.06. The Bertz CT molecular complexity index is 675. The van der Waals surface area contributed by atoms with Gasteiger partial charge in [-0.15, -0.1) is 5.10 Å². The van der Waals surface area contributed by atoms with Gasteiger partial charge in [-0.25, -0.2) is 4.68 Å². The van der Waals surface area contributed by atoms with Crippen LogP contribution >= 0.6 is 34.4 Å². The zero-order valence-electron chi connectivity index (χ0n) is 12.3. The maximum absolute atomic E-state index is 12.0. The van der Waals surface area contributed by atoms with Crippen molar-refractivity contribution in [1.29, 1.82) is 0 Å². The molecule has 1 unspecified atom stereocenters. The van der Waals surface area contributed by atoms with Crippen LogP contribution in [0.15, 0.2) is 29.4 Å². The number of benzene rings is 1. The highest BCUT2D eigenvalue weighted by Crippen LogP contribution is 2.19. The Labute approximate surface area is 151 Å². The number of anilines is 1. The van der Waals surface area contributed by atoms with Gasteiger partial charge >= 0.3 is 0 Å². The molecule has 1 amide bonds. The van der Waals surface area contributed by atoms with Gasteiger partial charge in [0.1, 0.15) is 0 Å². The lowest BCUT2D eigenvalue weighted by Crippen LogP contribution is -2.18. The van der Waals surface area contributed by atoms with Gasteiger partial charge in [0.2, 0.25) is 11.1 Å². The normalized spacial score (nSPS) is 17.3. The van der Waals surface area contributed by atoms with Crippen LogP contribution in [0.25, 0.3) is 0 Å². The van der Waals surface area contributed by atoms with Crippen molar-refractivity contribution in [3.05, 3.63) is 27.8 Å². The second-order valence-electron chi connectivity index (χ2n) is 5.13. The maximum atomic E-state index is 12.0. The van der Waals surface area contributed by atoms with Gasteiger partial charge in [-0.1, -0.05) is 17.8 Å². The molecular formula is C14H16IN5O2S. The fourth-order valence-corrected chi connectivity index (χ4v) is 3.52. The number of thioether (sulfide) groups is 1. The predicted octanol–water partition coefficient (Wildman–Crippen LogP) is 2.19. The zero-order chi connectivity index (χ0) is 16.1. The van der Waals surface area contributed by atoms with Crippen LogP contribution < -0.4 is 5.32 Å². The summed E-state index contributed by atoms with van der Waals surface area (Å²) in [5, 5.41) is 15.2. The van der Waals surface area contributed by atoms with E-state index in [9.17, 15) is 4.79 Å². The molecule has 7 nitrogen and oxygen atoms in total. The first-order chi connectivity index (χ1) is 11.2.